The molecule has 3 N–H and O–H groups in total. The van der Waals surface area contributed by atoms with Gasteiger partial charge in [-0.15, -0.1) is 0 Å². The summed E-state index contributed by atoms with van der Waals surface area (Å²) in [4.78, 5) is 18.9. The number of hydrogen-bond acceptors (Lipinski definition) is 3. The summed E-state index contributed by atoms with van der Waals surface area (Å²) in [5.41, 5.74) is 1.29. The number of aromatic amines is 1. The van der Waals surface area contributed by atoms with Crippen LogP contribution in [0.3, 0.4) is 0 Å². The Morgan fingerprint density at radius 3 is 2.94 bits per heavy atom. The van der Waals surface area contributed by atoms with Crippen LogP contribution in [0.15, 0.2) is 30.6 Å². The van der Waals surface area contributed by atoms with E-state index in [0.717, 1.165) is 0 Å². The molecule has 2 heterocycles. The van der Waals surface area contributed by atoms with E-state index in [4.69, 9.17) is 11.6 Å². The molecule has 0 saturated carbocycles. The predicted octanol–water partition coefficient (Wildman–Crippen LogP) is 1.92. The maximum atomic E-state index is 11.9. The topological polar surface area (TPSA) is 69.8 Å². The standard InChI is InChI=1S/C11H9ClN4O/c12-6-1-2-7-8(5-6)15-10(16-11(7)17)9-13-3-4-14-9/h1-5,10,15H,(H,13,14)(H,16,17). The number of fused-ring (bicyclic) bond motifs is 1. The van der Waals surface area contributed by atoms with E-state index in [1.807, 2.05) is 0 Å². The van der Waals surface area contributed by atoms with Crippen LogP contribution < -0.4 is 10.6 Å². The summed E-state index contributed by atoms with van der Waals surface area (Å²) in [6.07, 6.45) is 2.98. The van der Waals surface area contributed by atoms with Crippen molar-refractivity contribution >= 4 is 23.2 Å². The van der Waals surface area contributed by atoms with Crippen LogP contribution in [0.25, 0.3) is 0 Å². The van der Waals surface area contributed by atoms with Crippen LogP contribution in [0, 0.1) is 0 Å². The number of hydrogen-bond donors (Lipinski definition) is 3. The van der Waals surface area contributed by atoms with Crippen molar-refractivity contribution in [3.05, 3.63) is 47.0 Å². The SMILES string of the molecule is O=C1NC(c2ncc[nH]2)Nc2cc(Cl)ccc21. The molecule has 6 heteroatoms. The Balaban J connectivity index is 2.00. The Labute approximate surface area is 102 Å². The molecule has 1 aliphatic heterocycles. The van der Waals surface area contributed by atoms with E-state index in [1.165, 1.54) is 0 Å². The first-order valence-electron chi connectivity index (χ1n) is 5.10. The Bertz CT molecular complexity index is 567. The van der Waals surface area contributed by atoms with E-state index in [1.54, 1.807) is 30.6 Å². The lowest BCUT2D eigenvalue weighted by molar-refractivity contribution is 0.0934. The van der Waals surface area contributed by atoms with Gasteiger partial charge in [-0.25, -0.2) is 4.98 Å². The zero-order valence-electron chi connectivity index (χ0n) is 8.70. The molecular weight excluding hydrogens is 240 g/mol. The summed E-state index contributed by atoms with van der Waals surface area (Å²) in [6.45, 7) is 0. The maximum absolute atomic E-state index is 11.9. The van der Waals surface area contributed by atoms with Crippen molar-refractivity contribution < 1.29 is 4.79 Å². The highest BCUT2D eigenvalue weighted by molar-refractivity contribution is 6.31. The Morgan fingerprint density at radius 2 is 2.18 bits per heavy atom. The molecule has 0 fully saturated rings. The van der Waals surface area contributed by atoms with Gasteiger partial charge in [0.05, 0.1) is 11.3 Å². The summed E-state index contributed by atoms with van der Waals surface area (Å²) in [7, 11) is 0. The first-order valence-corrected chi connectivity index (χ1v) is 5.48. The molecule has 1 aliphatic rings. The largest absolute Gasteiger partial charge is 0.358 e. The van der Waals surface area contributed by atoms with Crippen LogP contribution in [0.5, 0.6) is 0 Å². The van der Waals surface area contributed by atoms with E-state index in [2.05, 4.69) is 20.6 Å². The molecule has 2 aromatic rings. The summed E-state index contributed by atoms with van der Waals surface area (Å²) < 4.78 is 0. The van der Waals surface area contributed by atoms with Gasteiger partial charge in [-0.3, -0.25) is 4.79 Å². The number of benzene rings is 1. The number of carbonyl (C=O) groups excluding carboxylic acids is 1. The monoisotopic (exact) mass is 248 g/mol. The molecular formula is C11H9ClN4O. The van der Waals surface area contributed by atoms with E-state index in [0.29, 0.717) is 22.1 Å². The molecule has 1 unspecified atom stereocenters. The number of aromatic nitrogens is 2. The smallest absolute Gasteiger partial charge is 0.255 e. The molecule has 1 aromatic heterocycles. The molecule has 86 valence electrons. The quantitative estimate of drug-likeness (QED) is 0.722. The van der Waals surface area contributed by atoms with Crippen LogP contribution >= 0.6 is 11.6 Å². The molecule has 0 aliphatic carbocycles. The number of H-pyrrole nitrogens is 1. The number of carbonyl (C=O) groups is 1. The zero-order valence-corrected chi connectivity index (χ0v) is 9.45. The van der Waals surface area contributed by atoms with Crippen LogP contribution in [-0.4, -0.2) is 15.9 Å². The number of amides is 1. The predicted molar refractivity (Wildman–Crippen MR) is 63.9 cm³/mol. The van der Waals surface area contributed by atoms with Crippen LogP contribution in [0.1, 0.15) is 22.3 Å². The Hall–Kier alpha value is -2.01. The average Bonchev–Trinajstić information content (AvgIpc) is 2.81. The van der Waals surface area contributed by atoms with Gasteiger partial charge in [-0.05, 0) is 18.2 Å². The fourth-order valence-corrected chi connectivity index (χ4v) is 1.98. The third kappa shape index (κ3) is 1.74. The minimum atomic E-state index is -0.358. The highest BCUT2D eigenvalue weighted by Crippen LogP contribution is 2.27. The highest BCUT2D eigenvalue weighted by Gasteiger charge is 2.25. The molecule has 17 heavy (non-hydrogen) atoms. The number of nitrogens with zero attached hydrogens (tertiary/aromatic N) is 1. The van der Waals surface area contributed by atoms with Crippen LogP contribution in [0.4, 0.5) is 5.69 Å². The van der Waals surface area contributed by atoms with E-state index < -0.39 is 0 Å². The van der Waals surface area contributed by atoms with Crippen molar-refractivity contribution in [3.8, 4) is 0 Å². The van der Waals surface area contributed by atoms with Crippen molar-refractivity contribution in [2.24, 2.45) is 0 Å². The van der Waals surface area contributed by atoms with E-state index in [-0.39, 0.29) is 12.1 Å². The van der Waals surface area contributed by atoms with Gasteiger partial charge in [-0.1, -0.05) is 11.6 Å². The fraction of sp³-hybridized carbons (Fsp3) is 0.0909. The summed E-state index contributed by atoms with van der Waals surface area (Å²) in [6, 6.07) is 5.11. The molecule has 0 bridgehead atoms. The lowest BCUT2D eigenvalue weighted by Gasteiger charge is -2.26. The normalized spacial score (nSPS) is 18.2. The number of nitrogens with one attached hydrogen (secondary N) is 3. The van der Waals surface area contributed by atoms with Gasteiger partial charge < -0.3 is 15.6 Å². The second kappa shape index (κ2) is 3.78. The molecule has 1 aromatic carbocycles. The molecule has 5 nitrogen and oxygen atoms in total. The number of rotatable bonds is 1. The third-order valence-corrected chi connectivity index (χ3v) is 2.83. The summed E-state index contributed by atoms with van der Waals surface area (Å²) >= 11 is 5.90. The van der Waals surface area contributed by atoms with Crippen molar-refractivity contribution in [2.45, 2.75) is 6.17 Å². The molecule has 0 radical (unpaired) electrons. The minimum absolute atomic E-state index is 0.142. The lowest BCUT2D eigenvalue weighted by Crippen LogP contribution is -2.39. The first-order chi connectivity index (χ1) is 8.24. The number of halogens is 1. The minimum Gasteiger partial charge on any atom is -0.358 e. The van der Waals surface area contributed by atoms with E-state index >= 15 is 0 Å². The van der Waals surface area contributed by atoms with Crippen molar-refractivity contribution in [1.82, 2.24) is 15.3 Å². The summed E-state index contributed by atoms with van der Waals surface area (Å²) in [5.74, 6) is 0.515. The first kappa shape index (κ1) is 10.2. The Kier molecular flexibility index (Phi) is 2.26. The molecule has 1 atom stereocenters. The number of anilines is 1. The maximum Gasteiger partial charge on any atom is 0.255 e. The van der Waals surface area contributed by atoms with E-state index in [9.17, 15) is 4.79 Å². The van der Waals surface area contributed by atoms with Crippen molar-refractivity contribution in [3.63, 3.8) is 0 Å². The Morgan fingerprint density at radius 1 is 1.29 bits per heavy atom. The van der Waals surface area contributed by atoms with Crippen molar-refractivity contribution in [1.29, 1.82) is 0 Å². The van der Waals surface area contributed by atoms with Gasteiger partial charge in [0.1, 0.15) is 5.82 Å². The summed E-state index contributed by atoms with van der Waals surface area (Å²) in [5, 5.41) is 6.56. The van der Waals surface area contributed by atoms with Crippen molar-refractivity contribution in [2.75, 3.05) is 5.32 Å². The van der Waals surface area contributed by atoms with Crippen LogP contribution in [-0.2, 0) is 0 Å². The molecule has 0 spiro atoms. The lowest BCUT2D eigenvalue weighted by atomic mass is 10.1. The van der Waals surface area contributed by atoms with Gasteiger partial charge in [0, 0.05) is 17.4 Å². The molecule has 3 rings (SSSR count). The third-order valence-electron chi connectivity index (χ3n) is 2.59. The van der Waals surface area contributed by atoms with Gasteiger partial charge >= 0.3 is 0 Å². The average molecular weight is 249 g/mol. The molecule has 1 amide bonds. The van der Waals surface area contributed by atoms with Gasteiger partial charge in [0.25, 0.3) is 5.91 Å². The molecule has 0 saturated heterocycles. The fourth-order valence-electron chi connectivity index (χ4n) is 1.81. The van der Waals surface area contributed by atoms with Crippen LogP contribution in [0.2, 0.25) is 5.02 Å². The van der Waals surface area contributed by atoms with Gasteiger partial charge in [-0.2, -0.15) is 0 Å². The zero-order chi connectivity index (χ0) is 11.8. The second-order valence-corrected chi connectivity index (χ2v) is 4.15. The highest BCUT2D eigenvalue weighted by atomic mass is 35.5. The second-order valence-electron chi connectivity index (χ2n) is 3.72. The van der Waals surface area contributed by atoms with Gasteiger partial charge in [0.15, 0.2) is 6.17 Å². The number of imidazole rings is 1. The van der Waals surface area contributed by atoms with Gasteiger partial charge in [0.2, 0.25) is 0 Å².